The summed E-state index contributed by atoms with van der Waals surface area (Å²) in [7, 11) is 0. The largest absolute Gasteiger partial charge is 0.379 e. The fourth-order valence-corrected chi connectivity index (χ4v) is 2.25. The zero-order valence-electron chi connectivity index (χ0n) is 10.5. The van der Waals surface area contributed by atoms with E-state index < -0.39 is 0 Å². The maximum atomic E-state index is 5.93. The van der Waals surface area contributed by atoms with Crippen molar-refractivity contribution in [3.8, 4) is 0 Å². The van der Waals surface area contributed by atoms with Crippen LogP contribution in [0.3, 0.4) is 0 Å². The second-order valence-electron chi connectivity index (χ2n) is 4.81. The van der Waals surface area contributed by atoms with Gasteiger partial charge in [0.25, 0.3) is 0 Å². The van der Waals surface area contributed by atoms with E-state index in [1.54, 1.807) is 0 Å². The van der Waals surface area contributed by atoms with Crippen LogP contribution in [0.25, 0.3) is 0 Å². The third-order valence-electron chi connectivity index (χ3n) is 3.98. The minimum Gasteiger partial charge on any atom is -0.379 e. The molecule has 0 aromatic carbocycles. The first-order chi connectivity index (χ1) is 7.17. The van der Waals surface area contributed by atoms with Crippen molar-refractivity contribution in [1.29, 1.82) is 0 Å². The molecule has 1 fully saturated rings. The molecule has 3 heteroatoms. The van der Waals surface area contributed by atoms with E-state index in [1.165, 1.54) is 12.8 Å². The van der Waals surface area contributed by atoms with E-state index >= 15 is 0 Å². The normalized spacial score (nSPS) is 24.4. The van der Waals surface area contributed by atoms with Gasteiger partial charge in [0.2, 0.25) is 0 Å². The summed E-state index contributed by atoms with van der Waals surface area (Å²) in [6.07, 6.45) is 2.34. The molecule has 0 aliphatic carbocycles. The Balaban J connectivity index is 2.56. The molecule has 0 saturated carbocycles. The van der Waals surface area contributed by atoms with Gasteiger partial charge in [0.1, 0.15) is 0 Å². The lowest BCUT2D eigenvalue weighted by atomic mass is 9.81. The molecule has 0 bridgehead atoms. The third-order valence-corrected chi connectivity index (χ3v) is 3.98. The fraction of sp³-hybridized carbons (Fsp3) is 1.00. The fourth-order valence-electron chi connectivity index (χ4n) is 2.25. The van der Waals surface area contributed by atoms with Crippen LogP contribution in [0.1, 0.15) is 33.6 Å². The molecule has 1 saturated heterocycles. The summed E-state index contributed by atoms with van der Waals surface area (Å²) in [6, 6.07) is 0.544. The smallest absolute Gasteiger partial charge is 0.0619 e. The van der Waals surface area contributed by atoms with E-state index in [0.29, 0.717) is 11.5 Å². The third kappa shape index (κ3) is 3.16. The molecule has 1 atom stereocenters. The number of morpholine rings is 1. The summed E-state index contributed by atoms with van der Waals surface area (Å²) >= 11 is 0. The Labute approximate surface area is 94.0 Å². The highest BCUT2D eigenvalue weighted by atomic mass is 16.5. The maximum absolute atomic E-state index is 5.93. The minimum atomic E-state index is 0.311. The molecule has 1 unspecified atom stereocenters. The van der Waals surface area contributed by atoms with Crippen LogP contribution in [0.5, 0.6) is 0 Å². The summed E-state index contributed by atoms with van der Waals surface area (Å²) in [6.45, 7) is 11.5. The Bertz CT molecular complexity index is 172. The molecule has 1 heterocycles. The van der Waals surface area contributed by atoms with Gasteiger partial charge in [-0.2, -0.15) is 0 Å². The first kappa shape index (κ1) is 12.9. The molecule has 2 N–H and O–H groups in total. The first-order valence-electron chi connectivity index (χ1n) is 6.19. The lowest BCUT2D eigenvalue weighted by Gasteiger charge is -2.41. The topological polar surface area (TPSA) is 38.5 Å². The number of rotatable bonds is 5. The van der Waals surface area contributed by atoms with Gasteiger partial charge < -0.3 is 10.5 Å². The van der Waals surface area contributed by atoms with Gasteiger partial charge in [-0.3, -0.25) is 4.90 Å². The van der Waals surface area contributed by atoms with E-state index in [-0.39, 0.29) is 0 Å². The molecule has 0 amide bonds. The van der Waals surface area contributed by atoms with Crippen LogP contribution in [-0.2, 0) is 4.74 Å². The number of hydrogen-bond donors (Lipinski definition) is 1. The van der Waals surface area contributed by atoms with Gasteiger partial charge >= 0.3 is 0 Å². The molecule has 0 radical (unpaired) electrons. The summed E-state index contributed by atoms with van der Waals surface area (Å²) in [4.78, 5) is 2.53. The standard InChI is InChI=1S/C12H26N2O/c1-4-12(5-2,9-13)10-14-6-7-15-8-11(14)3/h11H,4-10,13H2,1-3H3. The van der Waals surface area contributed by atoms with Crippen molar-refractivity contribution >= 4 is 0 Å². The first-order valence-corrected chi connectivity index (χ1v) is 6.19. The molecule has 1 aliphatic rings. The number of hydrogen-bond acceptors (Lipinski definition) is 3. The molecule has 3 nitrogen and oxygen atoms in total. The van der Waals surface area contributed by atoms with Crippen molar-refractivity contribution in [1.82, 2.24) is 4.90 Å². The highest BCUT2D eigenvalue weighted by Gasteiger charge is 2.30. The lowest BCUT2D eigenvalue weighted by molar-refractivity contribution is -0.0208. The van der Waals surface area contributed by atoms with E-state index in [2.05, 4.69) is 25.7 Å². The Morgan fingerprint density at radius 2 is 2.07 bits per heavy atom. The van der Waals surface area contributed by atoms with Gasteiger partial charge in [0, 0.05) is 19.1 Å². The van der Waals surface area contributed by atoms with Crippen LogP contribution in [0, 0.1) is 5.41 Å². The van der Waals surface area contributed by atoms with Crippen molar-refractivity contribution < 1.29 is 4.74 Å². The second-order valence-corrected chi connectivity index (χ2v) is 4.81. The zero-order valence-corrected chi connectivity index (χ0v) is 10.5. The van der Waals surface area contributed by atoms with Crippen LogP contribution in [0.4, 0.5) is 0 Å². The van der Waals surface area contributed by atoms with E-state index in [4.69, 9.17) is 10.5 Å². The minimum absolute atomic E-state index is 0.311. The Morgan fingerprint density at radius 1 is 1.40 bits per heavy atom. The predicted molar refractivity (Wildman–Crippen MR) is 63.9 cm³/mol. The SMILES string of the molecule is CCC(CC)(CN)CN1CCOCC1C. The summed E-state index contributed by atoms with van der Waals surface area (Å²) < 4.78 is 5.45. The van der Waals surface area contributed by atoms with Gasteiger partial charge in [-0.1, -0.05) is 13.8 Å². The van der Waals surface area contributed by atoms with Crippen LogP contribution < -0.4 is 5.73 Å². The predicted octanol–water partition coefficient (Wildman–Crippen LogP) is 1.47. The maximum Gasteiger partial charge on any atom is 0.0619 e. The number of nitrogens with two attached hydrogens (primary N) is 1. The summed E-state index contributed by atoms with van der Waals surface area (Å²) in [5.74, 6) is 0. The van der Waals surface area contributed by atoms with Gasteiger partial charge in [-0.25, -0.2) is 0 Å². The molecule has 15 heavy (non-hydrogen) atoms. The molecular formula is C12H26N2O. The monoisotopic (exact) mass is 214 g/mol. The van der Waals surface area contributed by atoms with Crippen molar-refractivity contribution in [2.75, 3.05) is 32.8 Å². The number of ether oxygens (including phenoxy) is 1. The van der Waals surface area contributed by atoms with Gasteiger partial charge in [-0.05, 0) is 31.7 Å². The highest BCUT2D eigenvalue weighted by Crippen LogP contribution is 2.27. The molecular weight excluding hydrogens is 188 g/mol. The Hall–Kier alpha value is -0.120. The van der Waals surface area contributed by atoms with Crippen molar-refractivity contribution in [2.24, 2.45) is 11.1 Å². The van der Waals surface area contributed by atoms with Gasteiger partial charge in [-0.15, -0.1) is 0 Å². The average molecular weight is 214 g/mol. The van der Waals surface area contributed by atoms with E-state index in [9.17, 15) is 0 Å². The lowest BCUT2D eigenvalue weighted by Crippen LogP contribution is -2.50. The molecule has 1 aliphatic heterocycles. The van der Waals surface area contributed by atoms with Crippen LogP contribution >= 0.6 is 0 Å². The van der Waals surface area contributed by atoms with Gasteiger partial charge in [0.15, 0.2) is 0 Å². The summed E-state index contributed by atoms with van der Waals surface area (Å²) in [5.41, 5.74) is 6.24. The van der Waals surface area contributed by atoms with Crippen molar-refractivity contribution in [3.63, 3.8) is 0 Å². The van der Waals surface area contributed by atoms with Gasteiger partial charge in [0.05, 0.1) is 13.2 Å². The van der Waals surface area contributed by atoms with Crippen LogP contribution in [0.15, 0.2) is 0 Å². The molecule has 90 valence electrons. The van der Waals surface area contributed by atoms with Crippen molar-refractivity contribution in [2.45, 2.75) is 39.7 Å². The van der Waals surface area contributed by atoms with Crippen molar-refractivity contribution in [3.05, 3.63) is 0 Å². The molecule has 1 rings (SSSR count). The van der Waals surface area contributed by atoms with Crippen LogP contribution in [0.2, 0.25) is 0 Å². The Morgan fingerprint density at radius 3 is 2.53 bits per heavy atom. The molecule has 0 aromatic heterocycles. The molecule has 0 spiro atoms. The highest BCUT2D eigenvalue weighted by molar-refractivity contribution is 4.84. The Kier molecular flexibility index (Phi) is 5.03. The summed E-state index contributed by atoms with van der Waals surface area (Å²) in [5, 5.41) is 0. The molecule has 0 aromatic rings. The van der Waals surface area contributed by atoms with E-state index in [1.807, 2.05) is 0 Å². The average Bonchev–Trinajstić information content (AvgIpc) is 2.29. The van der Waals surface area contributed by atoms with E-state index in [0.717, 1.165) is 32.8 Å². The van der Waals surface area contributed by atoms with Crippen LogP contribution in [-0.4, -0.2) is 43.8 Å². The zero-order chi connectivity index (χ0) is 11.3. The second kappa shape index (κ2) is 5.83. The quantitative estimate of drug-likeness (QED) is 0.753. The number of nitrogens with zero attached hydrogens (tertiary/aromatic N) is 1.